The van der Waals surface area contributed by atoms with E-state index < -0.39 is 52.7 Å². The molecule has 8 nitrogen and oxygen atoms in total. The monoisotopic (exact) mass is 390 g/mol. The van der Waals surface area contributed by atoms with E-state index in [0.29, 0.717) is 0 Å². The Labute approximate surface area is 164 Å². The summed E-state index contributed by atoms with van der Waals surface area (Å²) < 4.78 is 66.3. The Morgan fingerprint density at radius 2 is 1.20 bits per heavy atom. The first-order valence-corrected chi connectivity index (χ1v) is 9.17. The second-order valence-electron chi connectivity index (χ2n) is 4.94. The molecule has 3 rings (SSSR count). The quantitative estimate of drug-likeness (QED) is 0.377. The van der Waals surface area contributed by atoms with E-state index in [1.165, 1.54) is 6.07 Å². The van der Waals surface area contributed by atoms with Crippen LogP contribution in [-0.2, 0) is 20.2 Å². The summed E-state index contributed by atoms with van der Waals surface area (Å²) in [5, 5.41) is 0. The van der Waals surface area contributed by atoms with Gasteiger partial charge in [0.1, 0.15) is 15.0 Å². The maximum Gasteiger partial charge on any atom is 1.00 e. The van der Waals surface area contributed by atoms with Crippen molar-refractivity contribution in [1.29, 1.82) is 0 Å². The average molecular weight is 390 g/mol. The molecule has 1 aliphatic carbocycles. The molecule has 25 heavy (non-hydrogen) atoms. The van der Waals surface area contributed by atoms with Gasteiger partial charge in [-0.1, -0.05) is 24.3 Å². The van der Waals surface area contributed by atoms with Crippen LogP contribution >= 0.6 is 0 Å². The zero-order valence-corrected chi connectivity index (χ0v) is 16.2. The first-order valence-electron chi connectivity index (χ1n) is 6.32. The van der Waals surface area contributed by atoms with E-state index in [4.69, 9.17) is 0 Å². The number of hydrogen-bond acceptors (Lipinski definition) is 7. The van der Waals surface area contributed by atoms with Crippen LogP contribution in [-0.4, -0.2) is 37.5 Å². The molecule has 0 saturated heterocycles. The van der Waals surface area contributed by atoms with Gasteiger partial charge in [0.2, 0.25) is 0 Å². The summed E-state index contributed by atoms with van der Waals surface area (Å²) in [7, 11) is -9.94. The number of benzene rings is 2. The molecule has 0 heterocycles. The van der Waals surface area contributed by atoms with Crippen LogP contribution < -0.4 is 29.6 Å². The molecule has 2 aromatic carbocycles. The predicted molar refractivity (Wildman–Crippen MR) is 77.5 cm³/mol. The topological polar surface area (TPSA) is 146 Å². The van der Waals surface area contributed by atoms with Crippen molar-refractivity contribution in [3.63, 3.8) is 0 Å². The minimum Gasteiger partial charge on any atom is -0.744 e. The molecule has 0 fully saturated rings. The van der Waals surface area contributed by atoms with Gasteiger partial charge >= 0.3 is 29.6 Å². The molecule has 2 aromatic rings. The van der Waals surface area contributed by atoms with Crippen molar-refractivity contribution in [3.05, 3.63) is 58.7 Å². The Hall–Kier alpha value is -1.40. The van der Waals surface area contributed by atoms with Crippen LogP contribution in [0.25, 0.3) is 0 Å². The molecule has 0 aromatic heterocycles. The third kappa shape index (κ3) is 3.22. The van der Waals surface area contributed by atoms with Crippen LogP contribution in [0.3, 0.4) is 0 Å². The van der Waals surface area contributed by atoms with E-state index in [1.807, 2.05) is 0 Å². The molecule has 1 N–H and O–H groups in total. The van der Waals surface area contributed by atoms with Gasteiger partial charge < -0.3 is 4.55 Å². The molecule has 11 heteroatoms. The largest absolute Gasteiger partial charge is 1.00 e. The van der Waals surface area contributed by atoms with Crippen molar-refractivity contribution >= 4 is 31.8 Å². The number of carbonyl (C=O) groups is 2. The number of rotatable bonds is 2. The summed E-state index contributed by atoms with van der Waals surface area (Å²) in [6.07, 6.45) is 0. The number of fused-ring (bicyclic) bond motifs is 2. The fourth-order valence-corrected chi connectivity index (χ4v) is 4.01. The van der Waals surface area contributed by atoms with Crippen LogP contribution in [0.15, 0.2) is 46.2 Å². The van der Waals surface area contributed by atoms with E-state index in [9.17, 15) is 35.5 Å². The Bertz CT molecular complexity index is 1050. The molecule has 0 unspecified atom stereocenters. The minimum atomic E-state index is -5.09. The molecule has 0 saturated carbocycles. The second-order valence-corrected chi connectivity index (χ2v) is 7.68. The second kappa shape index (κ2) is 6.40. The third-order valence-corrected chi connectivity index (χ3v) is 5.32. The molecule has 0 atom stereocenters. The van der Waals surface area contributed by atoms with Crippen LogP contribution in [0, 0.1) is 0 Å². The van der Waals surface area contributed by atoms with Crippen LogP contribution in [0.2, 0.25) is 0 Å². The van der Waals surface area contributed by atoms with Crippen molar-refractivity contribution in [2.24, 2.45) is 0 Å². The van der Waals surface area contributed by atoms with E-state index in [-0.39, 0.29) is 40.7 Å². The SMILES string of the molecule is O=C1c2cccc(S(=O)(=O)[O-])c2C(=O)c2c1cccc2S(=O)(=O)O.[Na+]. The van der Waals surface area contributed by atoms with Gasteiger partial charge in [-0.15, -0.1) is 0 Å². The summed E-state index contributed by atoms with van der Waals surface area (Å²) in [6.45, 7) is 0. The first-order chi connectivity index (χ1) is 11.0. The number of hydrogen-bond donors (Lipinski definition) is 1. The van der Waals surface area contributed by atoms with Crippen molar-refractivity contribution < 1.29 is 65.1 Å². The molecule has 0 aliphatic heterocycles. The fourth-order valence-electron chi connectivity index (χ4n) is 2.60. The van der Waals surface area contributed by atoms with E-state index in [0.717, 1.165) is 30.3 Å². The summed E-state index contributed by atoms with van der Waals surface area (Å²) in [4.78, 5) is 23.4. The Kier molecular flexibility index (Phi) is 5.10. The summed E-state index contributed by atoms with van der Waals surface area (Å²) in [6, 6.07) is 6.38. The molecule has 0 spiro atoms. The summed E-state index contributed by atoms with van der Waals surface area (Å²) in [5.41, 5.74) is -1.98. The molecule has 0 radical (unpaired) electrons. The maximum atomic E-state index is 12.7. The molecule has 124 valence electrons. The van der Waals surface area contributed by atoms with Crippen molar-refractivity contribution in [3.8, 4) is 0 Å². The van der Waals surface area contributed by atoms with E-state index in [2.05, 4.69) is 0 Å². The molecular weight excluding hydrogens is 383 g/mol. The normalized spacial score (nSPS) is 13.7. The Morgan fingerprint density at radius 1 is 0.760 bits per heavy atom. The van der Waals surface area contributed by atoms with Gasteiger partial charge in [-0.25, -0.2) is 8.42 Å². The summed E-state index contributed by atoms with van der Waals surface area (Å²) in [5.74, 6) is -1.96. The van der Waals surface area contributed by atoms with Crippen molar-refractivity contribution in [1.82, 2.24) is 0 Å². The fraction of sp³-hybridized carbons (Fsp3) is 0. The zero-order valence-electron chi connectivity index (χ0n) is 12.6. The number of carbonyl (C=O) groups excluding carboxylic acids is 2. The van der Waals surface area contributed by atoms with Gasteiger partial charge in [0.05, 0.1) is 16.0 Å². The zero-order chi connectivity index (χ0) is 17.9. The third-order valence-electron chi connectivity index (χ3n) is 3.54. The van der Waals surface area contributed by atoms with Gasteiger partial charge in [-0.2, -0.15) is 8.42 Å². The average Bonchev–Trinajstić information content (AvgIpc) is 2.49. The van der Waals surface area contributed by atoms with Crippen LogP contribution in [0.4, 0.5) is 0 Å². The standard InChI is InChI=1S/C14H8O8S2.Na/c15-13-7-3-1-5-9(23(17,18)19)11(7)14(16)12-8(13)4-2-6-10(12)24(20,21)22;/h1-6H,(H,17,18,19)(H,20,21,22);/q;+1/p-1. The van der Waals surface area contributed by atoms with Gasteiger partial charge in [0.15, 0.2) is 11.6 Å². The maximum absolute atomic E-state index is 12.7. The van der Waals surface area contributed by atoms with Crippen molar-refractivity contribution in [2.45, 2.75) is 9.79 Å². The first kappa shape index (κ1) is 19.9. The van der Waals surface area contributed by atoms with E-state index in [1.54, 1.807) is 0 Å². The van der Waals surface area contributed by atoms with Gasteiger partial charge in [0.25, 0.3) is 10.1 Å². The predicted octanol–water partition coefficient (Wildman–Crippen LogP) is -2.38. The van der Waals surface area contributed by atoms with E-state index >= 15 is 0 Å². The molecule has 1 aliphatic rings. The van der Waals surface area contributed by atoms with Gasteiger partial charge in [-0.05, 0) is 12.1 Å². The van der Waals surface area contributed by atoms with Gasteiger partial charge in [-0.3, -0.25) is 14.1 Å². The number of ketones is 2. The van der Waals surface area contributed by atoms with Crippen LogP contribution in [0.1, 0.15) is 31.8 Å². The van der Waals surface area contributed by atoms with Crippen LogP contribution in [0.5, 0.6) is 0 Å². The molecule has 0 amide bonds. The molecular formula is C14H7NaO8S2. The Balaban J connectivity index is 0.00000225. The minimum absolute atomic E-state index is 0. The Morgan fingerprint density at radius 3 is 1.64 bits per heavy atom. The smallest absolute Gasteiger partial charge is 0.744 e. The van der Waals surface area contributed by atoms with Gasteiger partial charge in [0, 0.05) is 11.1 Å². The van der Waals surface area contributed by atoms with Crippen molar-refractivity contribution in [2.75, 3.05) is 0 Å². The summed E-state index contributed by atoms with van der Waals surface area (Å²) >= 11 is 0. The molecule has 0 bridgehead atoms.